The van der Waals surface area contributed by atoms with Crippen LogP contribution in [0.4, 0.5) is 28.8 Å². The Hall–Kier alpha value is -3.17. The van der Waals surface area contributed by atoms with Crippen LogP contribution in [0.2, 0.25) is 5.02 Å². The van der Waals surface area contributed by atoms with E-state index in [9.17, 15) is 14.7 Å². The summed E-state index contributed by atoms with van der Waals surface area (Å²) in [5.41, 5.74) is 2.81. The molecule has 0 saturated carbocycles. The first-order chi connectivity index (χ1) is 14.7. The molecule has 0 fully saturated rings. The van der Waals surface area contributed by atoms with Crippen molar-refractivity contribution in [3.8, 4) is 0 Å². The van der Waals surface area contributed by atoms with E-state index < -0.39 is 5.97 Å². The summed E-state index contributed by atoms with van der Waals surface area (Å²) in [6, 6.07) is 7.40. The first-order valence-corrected chi connectivity index (χ1v) is 10.8. The zero-order chi connectivity index (χ0) is 22.2. The third kappa shape index (κ3) is 4.47. The van der Waals surface area contributed by atoms with Crippen LogP contribution in [0.3, 0.4) is 0 Å². The van der Waals surface area contributed by atoms with E-state index in [0.717, 1.165) is 29.0 Å². The zero-order valence-electron chi connectivity index (χ0n) is 16.8. The van der Waals surface area contributed by atoms with Crippen molar-refractivity contribution in [2.45, 2.75) is 32.1 Å². The number of aromatic nitrogens is 2. The second kappa shape index (κ2) is 8.16. The molecule has 2 aromatic heterocycles. The normalized spacial score (nSPS) is 14.9. The number of aromatic carboxylic acids is 1. The number of hydrogen-bond acceptors (Lipinski definition) is 7. The fourth-order valence-corrected chi connectivity index (χ4v) is 4.26. The van der Waals surface area contributed by atoms with E-state index in [1.54, 1.807) is 11.4 Å². The molecule has 4 N–H and O–H groups in total. The molecule has 3 heterocycles. The molecule has 1 aliphatic heterocycles. The number of carbonyl (C=O) groups excluding carboxylic acids is 1. The Morgan fingerprint density at radius 3 is 2.87 bits per heavy atom. The van der Waals surface area contributed by atoms with Gasteiger partial charge in [-0.15, -0.1) is 11.3 Å². The molecule has 31 heavy (non-hydrogen) atoms. The van der Waals surface area contributed by atoms with Crippen molar-refractivity contribution in [2.24, 2.45) is 0 Å². The van der Waals surface area contributed by atoms with Gasteiger partial charge in [0.05, 0.1) is 11.9 Å². The summed E-state index contributed by atoms with van der Waals surface area (Å²) in [5, 5.41) is 20.2. The Morgan fingerprint density at radius 2 is 2.10 bits per heavy atom. The smallest absolute Gasteiger partial charge is 0.348 e. The van der Waals surface area contributed by atoms with Crippen molar-refractivity contribution >= 4 is 63.6 Å². The van der Waals surface area contributed by atoms with E-state index in [1.807, 2.05) is 18.2 Å². The summed E-state index contributed by atoms with van der Waals surface area (Å²) in [6.45, 7) is 4.24. The van der Waals surface area contributed by atoms with Crippen LogP contribution in [0.15, 0.2) is 35.8 Å². The molecule has 0 saturated heterocycles. The molecule has 4 rings (SSSR count). The lowest BCUT2D eigenvalue weighted by Gasteiger charge is -2.24. The maximum absolute atomic E-state index is 12.1. The fraction of sp³-hybridized carbons (Fsp3) is 0.238. The minimum Gasteiger partial charge on any atom is -0.477 e. The summed E-state index contributed by atoms with van der Waals surface area (Å²) < 4.78 is 0. The first kappa shape index (κ1) is 21.1. The van der Waals surface area contributed by atoms with E-state index in [-0.39, 0.29) is 33.0 Å². The van der Waals surface area contributed by atoms with Gasteiger partial charge in [0.15, 0.2) is 5.82 Å². The summed E-state index contributed by atoms with van der Waals surface area (Å²) >= 11 is 7.31. The number of nitrogens with zero attached hydrogens (tertiary/aromatic N) is 2. The minimum absolute atomic E-state index is 0.0109. The van der Waals surface area contributed by atoms with Gasteiger partial charge in [-0.05, 0) is 41.0 Å². The maximum atomic E-state index is 12.1. The van der Waals surface area contributed by atoms with Crippen LogP contribution in [0.25, 0.3) is 0 Å². The summed E-state index contributed by atoms with van der Waals surface area (Å²) in [4.78, 5) is 32.2. The molecule has 10 heteroatoms. The van der Waals surface area contributed by atoms with E-state index in [2.05, 4.69) is 39.8 Å². The van der Waals surface area contributed by atoms with E-state index in [0.29, 0.717) is 17.8 Å². The standard InChI is InChI=1S/C21H20ClN5O3S/c1-21(2)7-5-16(28)25-15-9-11(3-4-12(15)21)24-20-23-10-13(22)18(27-20)26-14-6-8-31-17(14)19(29)30/h3-4,6,8-10H,5,7H2,1-2H3,(H,25,28)(H,29,30)(H2,23,24,26,27). The predicted octanol–water partition coefficient (Wildman–Crippen LogP) is 5.39. The van der Waals surface area contributed by atoms with Crippen molar-refractivity contribution < 1.29 is 14.7 Å². The Balaban J connectivity index is 1.60. The van der Waals surface area contributed by atoms with Gasteiger partial charge in [0.1, 0.15) is 9.90 Å². The summed E-state index contributed by atoms with van der Waals surface area (Å²) in [5.74, 6) is -0.485. The quantitative estimate of drug-likeness (QED) is 0.406. The number of carboxylic acids is 1. The number of amides is 1. The first-order valence-electron chi connectivity index (χ1n) is 9.55. The average Bonchev–Trinajstić information content (AvgIpc) is 3.13. The second-order valence-corrected chi connectivity index (χ2v) is 9.12. The highest BCUT2D eigenvalue weighted by Gasteiger charge is 2.28. The predicted molar refractivity (Wildman–Crippen MR) is 122 cm³/mol. The van der Waals surface area contributed by atoms with Crippen molar-refractivity contribution in [3.05, 3.63) is 51.3 Å². The Morgan fingerprint density at radius 1 is 1.29 bits per heavy atom. The lowest BCUT2D eigenvalue weighted by molar-refractivity contribution is -0.116. The molecule has 0 radical (unpaired) electrons. The molecule has 0 aliphatic carbocycles. The second-order valence-electron chi connectivity index (χ2n) is 7.80. The van der Waals surface area contributed by atoms with Crippen LogP contribution in [-0.4, -0.2) is 27.0 Å². The summed E-state index contributed by atoms with van der Waals surface area (Å²) in [7, 11) is 0. The van der Waals surface area contributed by atoms with Crippen LogP contribution in [0.1, 0.15) is 41.9 Å². The molecule has 1 aromatic carbocycles. The van der Waals surface area contributed by atoms with E-state index in [4.69, 9.17) is 11.6 Å². The number of carboxylic acid groups (broad SMARTS) is 1. The molecule has 0 spiro atoms. The van der Waals surface area contributed by atoms with E-state index in [1.165, 1.54) is 6.20 Å². The molecule has 0 unspecified atom stereocenters. The van der Waals surface area contributed by atoms with Crippen molar-refractivity contribution in [3.63, 3.8) is 0 Å². The molecule has 0 atom stereocenters. The van der Waals surface area contributed by atoms with Gasteiger partial charge < -0.3 is 21.1 Å². The molecule has 8 nitrogen and oxygen atoms in total. The third-order valence-corrected chi connectivity index (χ3v) is 6.29. The zero-order valence-corrected chi connectivity index (χ0v) is 18.4. The Labute approximate surface area is 187 Å². The van der Waals surface area contributed by atoms with E-state index >= 15 is 0 Å². The lowest BCUT2D eigenvalue weighted by atomic mass is 9.80. The minimum atomic E-state index is -1.03. The number of anilines is 5. The number of thiophene rings is 1. The number of carbonyl (C=O) groups is 2. The number of benzene rings is 1. The highest BCUT2D eigenvalue weighted by Crippen LogP contribution is 2.38. The van der Waals surface area contributed by atoms with Crippen LogP contribution >= 0.6 is 22.9 Å². The monoisotopic (exact) mass is 457 g/mol. The topological polar surface area (TPSA) is 116 Å². The molecule has 0 bridgehead atoms. The van der Waals surface area contributed by atoms with Crippen LogP contribution in [-0.2, 0) is 10.2 Å². The molecular weight excluding hydrogens is 438 g/mol. The number of rotatable bonds is 5. The van der Waals surface area contributed by atoms with Gasteiger partial charge in [0.2, 0.25) is 11.9 Å². The summed E-state index contributed by atoms with van der Waals surface area (Å²) in [6.07, 6.45) is 2.68. The van der Waals surface area contributed by atoms with Gasteiger partial charge in [-0.2, -0.15) is 4.98 Å². The maximum Gasteiger partial charge on any atom is 0.348 e. The highest BCUT2D eigenvalue weighted by molar-refractivity contribution is 7.12. The molecule has 1 aliphatic rings. The third-order valence-electron chi connectivity index (χ3n) is 5.11. The lowest BCUT2D eigenvalue weighted by Crippen LogP contribution is -2.16. The molecule has 160 valence electrons. The van der Waals surface area contributed by atoms with Crippen LogP contribution in [0.5, 0.6) is 0 Å². The number of nitrogens with one attached hydrogen (secondary N) is 3. The average molecular weight is 458 g/mol. The Kier molecular flexibility index (Phi) is 5.55. The molecular formula is C21H20ClN5O3S. The van der Waals surface area contributed by atoms with Gasteiger partial charge in [0.25, 0.3) is 0 Å². The molecule has 3 aromatic rings. The number of hydrogen-bond donors (Lipinski definition) is 4. The SMILES string of the molecule is CC1(C)CCC(=O)Nc2cc(Nc3ncc(Cl)c(Nc4ccsc4C(=O)O)n3)ccc21. The highest BCUT2D eigenvalue weighted by atomic mass is 35.5. The van der Waals surface area contributed by atoms with Crippen molar-refractivity contribution in [2.75, 3.05) is 16.0 Å². The van der Waals surface area contributed by atoms with Gasteiger partial charge in [0, 0.05) is 17.8 Å². The van der Waals surface area contributed by atoms with Gasteiger partial charge in [-0.3, -0.25) is 4.79 Å². The van der Waals surface area contributed by atoms with Gasteiger partial charge in [-0.1, -0.05) is 31.5 Å². The number of fused-ring (bicyclic) bond motifs is 1. The van der Waals surface area contributed by atoms with Crippen molar-refractivity contribution in [1.82, 2.24) is 9.97 Å². The van der Waals surface area contributed by atoms with Gasteiger partial charge in [-0.25, -0.2) is 9.78 Å². The van der Waals surface area contributed by atoms with Crippen LogP contribution < -0.4 is 16.0 Å². The Bertz CT molecular complexity index is 1180. The van der Waals surface area contributed by atoms with Crippen LogP contribution in [0, 0.1) is 0 Å². The number of halogens is 1. The van der Waals surface area contributed by atoms with Crippen molar-refractivity contribution in [1.29, 1.82) is 0 Å². The molecule has 1 amide bonds. The van der Waals surface area contributed by atoms with Gasteiger partial charge >= 0.3 is 5.97 Å². The fourth-order valence-electron chi connectivity index (χ4n) is 3.43. The largest absolute Gasteiger partial charge is 0.477 e.